The fourth-order valence-corrected chi connectivity index (χ4v) is 1.90. The molecule has 2 aromatic carbocycles. The summed E-state index contributed by atoms with van der Waals surface area (Å²) < 4.78 is 5.58. The van der Waals surface area contributed by atoms with Gasteiger partial charge in [-0.3, -0.25) is 4.79 Å². The molecule has 0 aliphatic carbocycles. The van der Waals surface area contributed by atoms with Crippen LogP contribution in [0.2, 0.25) is 0 Å². The summed E-state index contributed by atoms with van der Waals surface area (Å²) in [7, 11) is 0. The van der Waals surface area contributed by atoms with Crippen molar-refractivity contribution in [3.8, 4) is 11.5 Å². The van der Waals surface area contributed by atoms with Crippen molar-refractivity contribution in [2.24, 2.45) is 5.92 Å². The Labute approximate surface area is 124 Å². The van der Waals surface area contributed by atoms with Crippen molar-refractivity contribution >= 4 is 11.5 Å². The summed E-state index contributed by atoms with van der Waals surface area (Å²) in [5, 5.41) is 9.92. The Balaban J connectivity index is 2.32. The molecule has 0 bridgehead atoms. The number of hydrogen-bond donors (Lipinski definition) is 2. The summed E-state index contributed by atoms with van der Waals surface area (Å²) in [5.74, 6) is 0.530. The van der Waals surface area contributed by atoms with Crippen LogP contribution in [0.5, 0.6) is 11.5 Å². The number of carbonyl (C=O) groups excluding carboxylic acids is 1. The van der Waals surface area contributed by atoms with Crippen molar-refractivity contribution in [3.05, 3.63) is 53.6 Å². The Hall–Kier alpha value is -2.49. The van der Waals surface area contributed by atoms with Gasteiger partial charge < -0.3 is 15.6 Å². The minimum absolute atomic E-state index is 0.0832. The van der Waals surface area contributed by atoms with E-state index in [0.717, 1.165) is 0 Å². The third kappa shape index (κ3) is 3.54. The largest absolute Gasteiger partial charge is 0.507 e. The maximum absolute atomic E-state index is 12.5. The van der Waals surface area contributed by atoms with E-state index in [9.17, 15) is 9.90 Å². The molecule has 4 heteroatoms. The highest BCUT2D eigenvalue weighted by molar-refractivity contribution is 6.13. The fourth-order valence-electron chi connectivity index (χ4n) is 1.90. The van der Waals surface area contributed by atoms with Crippen molar-refractivity contribution < 1.29 is 14.6 Å². The average molecular weight is 285 g/mol. The molecule has 2 rings (SSSR count). The van der Waals surface area contributed by atoms with E-state index in [1.807, 2.05) is 13.8 Å². The molecule has 0 aliphatic heterocycles. The van der Waals surface area contributed by atoms with Gasteiger partial charge in [0, 0.05) is 11.3 Å². The zero-order chi connectivity index (χ0) is 15.4. The third-order valence-corrected chi connectivity index (χ3v) is 3.00. The molecule has 110 valence electrons. The lowest BCUT2D eigenvalue weighted by molar-refractivity contribution is 0.103. The maximum atomic E-state index is 12.5. The molecule has 2 aromatic rings. The minimum Gasteiger partial charge on any atom is -0.507 e. The fraction of sp³-hybridized carbons (Fsp3) is 0.235. The number of phenols is 1. The molecular formula is C17H19NO3. The first-order chi connectivity index (χ1) is 9.99. The number of anilines is 1. The molecule has 4 nitrogen and oxygen atoms in total. The second-order valence-corrected chi connectivity index (χ2v) is 5.30. The molecule has 3 N–H and O–H groups in total. The molecule has 0 amide bonds. The number of aromatic hydroxyl groups is 1. The zero-order valence-corrected chi connectivity index (χ0v) is 12.2. The lowest BCUT2D eigenvalue weighted by atomic mass is 10.0. The second kappa shape index (κ2) is 6.31. The number of benzene rings is 2. The van der Waals surface area contributed by atoms with Crippen LogP contribution in [0.15, 0.2) is 42.5 Å². The highest BCUT2D eigenvalue weighted by Crippen LogP contribution is 2.27. The van der Waals surface area contributed by atoms with Gasteiger partial charge >= 0.3 is 0 Å². The van der Waals surface area contributed by atoms with Crippen molar-refractivity contribution in [2.75, 3.05) is 12.3 Å². The quantitative estimate of drug-likeness (QED) is 0.653. The molecule has 0 aliphatic rings. The Morgan fingerprint density at radius 1 is 1.19 bits per heavy atom. The molecule has 0 saturated carbocycles. The van der Waals surface area contributed by atoms with Gasteiger partial charge in [0.15, 0.2) is 5.78 Å². The van der Waals surface area contributed by atoms with Gasteiger partial charge in [-0.15, -0.1) is 0 Å². The molecule has 0 saturated heterocycles. The number of nitrogens with two attached hydrogens (primary N) is 1. The van der Waals surface area contributed by atoms with E-state index in [1.165, 1.54) is 6.07 Å². The number of ether oxygens (including phenoxy) is 1. The van der Waals surface area contributed by atoms with Gasteiger partial charge in [-0.05, 0) is 36.2 Å². The first kappa shape index (κ1) is 14.9. The lowest BCUT2D eigenvalue weighted by Crippen LogP contribution is -2.07. The molecule has 21 heavy (non-hydrogen) atoms. The monoisotopic (exact) mass is 285 g/mol. The van der Waals surface area contributed by atoms with Crippen LogP contribution >= 0.6 is 0 Å². The van der Waals surface area contributed by atoms with Crippen LogP contribution in [0.25, 0.3) is 0 Å². The third-order valence-electron chi connectivity index (χ3n) is 3.00. The van der Waals surface area contributed by atoms with Crippen LogP contribution in [-0.4, -0.2) is 17.5 Å². The van der Waals surface area contributed by atoms with Gasteiger partial charge in [-0.2, -0.15) is 0 Å². The molecule has 0 fully saturated rings. The lowest BCUT2D eigenvalue weighted by Gasteiger charge is -2.11. The predicted molar refractivity (Wildman–Crippen MR) is 82.7 cm³/mol. The van der Waals surface area contributed by atoms with E-state index in [1.54, 1.807) is 36.4 Å². The molecular weight excluding hydrogens is 266 g/mol. The van der Waals surface area contributed by atoms with Crippen LogP contribution in [0.1, 0.15) is 29.8 Å². The smallest absolute Gasteiger partial charge is 0.198 e. The van der Waals surface area contributed by atoms with E-state index in [4.69, 9.17) is 10.5 Å². The number of nitrogen functional groups attached to an aromatic ring is 1. The standard InChI is InChI=1S/C17H19NO3/c1-11(2)10-21-12-7-8-16(19)14(9-12)17(20)13-5-3-4-6-15(13)18/h3-9,11,19H,10,18H2,1-2H3. The van der Waals surface area contributed by atoms with Crippen molar-refractivity contribution in [1.29, 1.82) is 0 Å². The summed E-state index contributed by atoms with van der Waals surface area (Å²) in [6.45, 7) is 4.63. The zero-order valence-electron chi connectivity index (χ0n) is 12.2. The van der Waals surface area contributed by atoms with Gasteiger partial charge in [0.2, 0.25) is 0 Å². The average Bonchev–Trinajstić information content (AvgIpc) is 2.46. The number of carbonyl (C=O) groups is 1. The first-order valence-corrected chi connectivity index (χ1v) is 6.84. The summed E-state index contributed by atoms with van der Waals surface area (Å²) in [4.78, 5) is 12.5. The highest BCUT2D eigenvalue weighted by Gasteiger charge is 2.16. The van der Waals surface area contributed by atoms with Crippen LogP contribution in [0.3, 0.4) is 0 Å². The molecule has 0 spiro atoms. The molecule has 0 unspecified atom stereocenters. The SMILES string of the molecule is CC(C)COc1ccc(O)c(C(=O)c2ccccc2N)c1. The van der Waals surface area contributed by atoms with Gasteiger partial charge in [0.25, 0.3) is 0 Å². The number of para-hydroxylation sites is 1. The van der Waals surface area contributed by atoms with E-state index in [-0.39, 0.29) is 17.1 Å². The number of hydrogen-bond acceptors (Lipinski definition) is 4. The van der Waals surface area contributed by atoms with Crippen molar-refractivity contribution in [2.45, 2.75) is 13.8 Å². The number of ketones is 1. The summed E-state index contributed by atoms with van der Waals surface area (Å²) in [6.07, 6.45) is 0. The summed E-state index contributed by atoms with van der Waals surface area (Å²) in [6, 6.07) is 11.4. The number of rotatable bonds is 5. The normalized spacial score (nSPS) is 10.6. The molecule has 0 heterocycles. The first-order valence-electron chi connectivity index (χ1n) is 6.84. The van der Waals surface area contributed by atoms with Crippen molar-refractivity contribution in [1.82, 2.24) is 0 Å². The summed E-state index contributed by atoms with van der Waals surface area (Å²) >= 11 is 0. The van der Waals surface area contributed by atoms with Gasteiger partial charge in [-0.1, -0.05) is 26.0 Å². The van der Waals surface area contributed by atoms with Crippen LogP contribution in [-0.2, 0) is 0 Å². The van der Waals surface area contributed by atoms with Gasteiger partial charge in [-0.25, -0.2) is 0 Å². The topological polar surface area (TPSA) is 72.5 Å². The molecule has 0 aromatic heterocycles. The summed E-state index contributed by atoms with van der Waals surface area (Å²) in [5.41, 5.74) is 6.75. The molecule has 0 radical (unpaired) electrons. The van der Waals surface area contributed by atoms with Crippen molar-refractivity contribution in [3.63, 3.8) is 0 Å². The minimum atomic E-state index is -0.319. The van der Waals surface area contributed by atoms with E-state index in [2.05, 4.69) is 0 Å². The Morgan fingerprint density at radius 3 is 2.57 bits per heavy atom. The Morgan fingerprint density at radius 2 is 1.90 bits per heavy atom. The highest BCUT2D eigenvalue weighted by atomic mass is 16.5. The van der Waals surface area contributed by atoms with E-state index in [0.29, 0.717) is 29.5 Å². The maximum Gasteiger partial charge on any atom is 0.198 e. The second-order valence-electron chi connectivity index (χ2n) is 5.30. The number of phenolic OH excluding ortho intramolecular Hbond substituents is 1. The Kier molecular flexibility index (Phi) is 4.48. The van der Waals surface area contributed by atoms with E-state index >= 15 is 0 Å². The van der Waals surface area contributed by atoms with Gasteiger partial charge in [0.1, 0.15) is 11.5 Å². The van der Waals surface area contributed by atoms with Crippen LogP contribution in [0.4, 0.5) is 5.69 Å². The van der Waals surface area contributed by atoms with Crippen LogP contribution in [0, 0.1) is 5.92 Å². The molecule has 0 atom stereocenters. The van der Waals surface area contributed by atoms with Crippen LogP contribution < -0.4 is 10.5 Å². The predicted octanol–water partition coefficient (Wildman–Crippen LogP) is 3.24. The Bertz CT molecular complexity index is 650. The van der Waals surface area contributed by atoms with Gasteiger partial charge in [0.05, 0.1) is 12.2 Å². The van der Waals surface area contributed by atoms with E-state index < -0.39 is 0 Å².